The van der Waals surface area contributed by atoms with Gasteiger partial charge in [0.15, 0.2) is 0 Å². The molecule has 1 aliphatic rings. The highest BCUT2D eigenvalue weighted by atomic mass is 16.7. The summed E-state index contributed by atoms with van der Waals surface area (Å²) in [6.45, 7) is 1.89. The number of rotatable bonds is 11. The Balaban J connectivity index is 1.45. The Hall–Kier alpha value is -2.22. The summed E-state index contributed by atoms with van der Waals surface area (Å²) in [6, 6.07) is 12.1. The predicted molar refractivity (Wildman–Crippen MR) is 114 cm³/mol. The summed E-state index contributed by atoms with van der Waals surface area (Å²) in [4.78, 5) is 14.9. The molecule has 1 atom stereocenters. The van der Waals surface area contributed by atoms with Crippen LogP contribution >= 0.6 is 0 Å². The number of likely N-dealkylation sites (tertiary alicyclic amines) is 1. The monoisotopic (exact) mass is 415 g/mol. The van der Waals surface area contributed by atoms with Crippen molar-refractivity contribution in [2.24, 2.45) is 0 Å². The van der Waals surface area contributed by atoms with Gasteiger partial charge in [0.25, 0.3) is 0 Å². The highest BCUT2D eigenvalue weighted by Crippen LogP contribution is 2.20. The van der Waals surface area contributed by atoms with Crippen LogP contribution in [-0.4, -0.2) is 54.1 Å². The van der Waals surface area contributed by atoms with Crippen LogP contribution in [0.25, 0.3) is 0 Å². The molecule has 30 heavy (non-hydrogen) atoms. The van der Waals surface area contributed by atoms with Gasteiger partial charge in [0.1, 0.15) is 11.7 Å². The zero-order valence-electron chi connectivity index (χ0n) is 18.0. The highest BCUT2D eigenvalue weighted by Gasteiger charge is 2.30. The number of nitrogens with zero attached hydrogens (tertiary/aromatic N) is 3. The molecule has 2 aromatic rings. The van der Waals surface area contributed by atoms with Crippen LogP contribution in [0.1, 0.15) is 49.7 Å². The van der Waals surface area contributed by atoms with E-state index < -0.39 is 6.29 Å². The topological polar surface area (TPSA) is 65.8 Å². The number of aryl methyl sites for hydroxylation is 1. The van der Waals surface area contributed by atoms with E-state index in [4.69, 9.17) is 14.2 Å². The van der Waals surface area contributed by atoms with Crippen LogP contribution in [0, 0.1) is 0 Å². The van der Waals surface area contributed by atoms with Gasteiger partial charge in [-0.25, -0.2) is 0 Å². The largest absolute Gasteiger partial charge is 0.465 e. The minimum Gasteiger partial charge on any atom is -0.465 e. The highest BCUT2D eigenvalue weighted by molar-refractivity contribution is 5.75. The van der Waals surface area contributed by atoms with E-state index in [1.54, 1.807) is 14.2 Å². The van der Waals surface area contributed by atoms with Crippen molar-refractivity contribution >= 4 is 5.97 Å². The Labute approximate surface area is 178 Å². The number of aromatic nitrogens is 2. The molecule has 2 heterocycles. The molecule has 164 valence electrons. The summed E-state index contributed by atoms with van der Waals surface area (Å²) in [5.41, 5.74) is 2.04. The lowest BCUT2D eigenvalue weighted by Crippen LogP contribution is -2.46. The number of hydrogen-bond acceptors (Lipinski definition) is 6. The van der Waals surface area contributed by atoms with Crippen molar-refractivity contribution in [3.05, 3.63) is 53.9 Å². The van der Waals surface area contributed by atoms with Crippen LogP contribution in [0.2, 0.25) is 0 Å². The molecule has 0 unspecified atom stereocenters. The number of benzene rings is 1. The van der Waals surface area contributed by atoms with Gasteiger partial charge in [-0.05, 0) is 43.7 Å². The maximum Gasteiger partial charge on any atom is 0.323 e. The first-order valence-corrected chi connectivity index (χ1v) is 10.7. The number of hydrogen-bond donors (Lipinski definition) is 0. The van der Waals surface area contributed by atoms with Gasteiger partial charge in [0.05, 0.1) is 13.3 Å². The van der Waals surface area contributed by atoms with Crippen molar-refractivity contribution in [3.63, 3.8) is 0 Å². The first-order chi connectivity index (χ1) is 14.7. The standard InChI is InChI=1S/C23H33N3O4/c1-28-23(29-2)20-14-16-26(24-20)18-25-15-8-6-13-21(25)22(27)30-17-9-7-12-19-10-4-3-5-11-19/h3-5,10-11,14,16,21,23H,6-9,12-13,15,17-18H2,1-2H3/t21-/m0/s1. The molecule has 7 nitrogen and oxygen atoms in total. The van der Waals surface area contributed by atoms with E-state index in [0.717, 1.165) is 50.8 Å². The molecule has 0 N–H and O–H groups in total. The maximum atomic E-state index is 12.7. The van der Waals surface area contributed by atoms with Crippen molar-refractivity contribution in [2.75, 3.05) is 27.4 Å². The fraction of sp³-hybridized carbons (Fsp3) is 0.565. The summed E-state index contributed by atoms with van der Waals surface area (Å²) < 4.78 is 18.0. The van der Waals surface area contributed by atoms with Gasteiger partial charge in [-0.2, -0.15) is 5.10 Å². The second-order valence-corrected chi connectivity index (χ2v) is 7.66. The SMILES string of the molecule is COC(OC)c1ccn(CN2CCCC[C@H]2C(=O)OCCCCc2ccccc2)n1. The molecule has 0 spiro atoms. The van der Waals surface area contributed by atoms with Gasteiger partial charge in [0, 0.05) is 27.0 Å². The first-order valence-electron chi connectivity index (χ1n) is 10.7. The van der Waals surface area contributed by atoms with Gasteiger partial charge in [-0.1, -0.05) is 36.8 Å². The molecule has 1 saturated heterocycles. The third-order valence-corrected chi connectivity index (χ3v) is 5.49. The molecule has 0 amide bonds. The average molecular weight is 416 g/mol. The zero-order valence-corrected chi connectivity index (χ0v) is 18.0. The maximum absolute atomic E-state index is 12.7. The number of piperidine rings is 1. The molecule has 1 aliphatic heterocycles. The Bertz CT molecular complexity index is 761. The second kappa shape index (κ2) is 11.8. The van der Waals surface area contributed by atoms with Crippen molar-refractivity contribution in [1.29, 1.82) is 0 Å². The molecule has 1 aromatic carbocycles. The van der Waals surface area contributed by atoms with Crippen molar-refractivity contribution < 1.29 is 19.0 Å². The Morgan fingerprint density at radius 3 is 2.70 bits per heavy atom. The lowest BCUT2D eigenvalue weighted by atomic mass is 10.0. The minimum absolute atomic E-state index is 0.117. The van der Waals surface area contributed by atoms with Crippen molar-refractivity contribution in [2.45, 2.75) is 57.5 Å². The van der Waals surface area contributed by atoms with E-state index in [1.165, 1.54) is 5.56 Å². The summed E-state index contributed by atoms with van der Waals surface area (Å²) in [5.74, 6) is -0.117. The first kappa shape index (κ1) is 22.5. The van der Waals surface area contributed by atoms with E-state index in [2.05, 4.69) is 34.3 Å². The normalized spacial score (nSPS) is 17.4. The summed E-state index contributed by atoms with van der Waals surface area (Å²) in [5, 5.41) is 4.53. The van der Waals surface area contributed by atoms with Gasteiger partial charge in [0.2, 0.25) is 6.29 Å². The molecule has 0 aliphatic carbocycles. The number of carbonyl (C=O) groups excluding carboxylic acids is 1. The minimum atomic E-state index is -0.482. The van der Waals surface area contributed by atoms with Crippen LogP contribution < -0.4 is 0 Å². The van der Waals surface area contributed by atoms with Gasteiger partial charge >= 0.3 is 5.97 Å². The third kappa shape index (κ3) is 6.39. The number of methoxy groups -OCH3 is 2. The fourth-order valence-electron chi connectivity index (χ4n) is 3.88. The van der Waals surface area contributed by atoms with Gasteiger partial charge in [-0.3, -0.25) is 14.4 Å². The molecule has 1 aromatic heterocycles. The van der Waals surface area contributed by atoms with Gasteiger partial charge in [-0.15, -0.1) is 0 Å². The van der Waals surface area contributed by atoms with E-state index in [9.17, 15) is 4.79 Å². The second-order valence-electron chi connectivity index (χ2n) is 7.66. The molecule has 0 radical (unpaired) electrons. The third-order valence-electron chi connectivity index (χ3n) is 5.49. The Morgan fingerprint density at radius 2 is 1.93 bits per heavy atom. The number of esters is 1. The van der Waals surface area contributed by atoms with E-state index in [-0.39, 0.29) is 12.0 Å². The van der Waals surface area contributed by atoms with E-state index in [0.29, 0.717) is 13.3 Å². The number of carbonyl (C=O) groups is 1. The molecule has 7 heteroatoms. The fourth-order valence-corrected chi connectivity index (χ4v) is 3.88. The van der Waals surface area contributed by atoms with Crippen LogP contribution in [0.5, 0.6) is 0 Å². The van der Waals surface area contributed by atoms with Crippen molar-refractivity contribution in [1.82, 2.24) is 14.7 Å². The van der Waals surface area contributed by atoms with Crippen molar-refractivity contribution in [3.8, 4) is 0 Å². The van der Waals surface area contributed by atoms with Crippen LogP contribution in [0.15, 0.2) is 42.6 Å². The predicted octanol–water partition coefficient (Wildman–Crippen LogP) is 3.55. The lowest BCUT2D eigenvalue weighted by molar-refractivity contribution is -0.152. The average Bonchev–Trinajstić information content (AvgIpc) is 3.23. The molecule has 0 saturated carbocycles. The summed E-state index contributed by atoms with van der Waals surface area (Å²) in [6.07, 6.45) is 7.27. The number of unbranched alkanes of at least 4 members (excludes halogenated alkanes) is 1. The smallest absolute Gasteiger partial charge is 0.323 e. The molecular weight excluding hydrogens is 382 g/mol. The molecule has 0 bridgehead atoms. The van der Waals surface area contributed by atoms with Gasteiger partial charge < -0.3 is 14.2 Å². The van der Waals surface area contributed by atoms with E-state index in [1.807, 2.05) is 23.0 Å². The Kier molecular flexibility index (Phi) is 8.86. The quantitative estimate of drug-likeness (QED) is 0.318. The van der Waals surface area contributed by atoms with Crippen LogP contribution in [0.3, 0.4) is 0 Å². The van der Waals surface area contributed by atoms with Crippen LogP contribution in [-0.2, 0) is 32.1 Å². The van der Waals surface area contributed by atoms with Crippen LogP contribution in [0.4, 0.5) is 0 Å². The molecule has 1 fully saturated rings. The lowest BCUT2D eigenvalue weighted by Gasteiger charge is -2.33. The van der Waals surface area contributed by atoms with E-state index >= 15 is 0 Å². The molecule has 3 rings (SSSR count). The molecular formula is C23H33N3O4. The number of ether oxygens (including phenoxy) is 3. The summed E-state index contributed by atoms with van der Waals surface area (Å²) in [7, 11) is 3.17. The zero-order chi connectivity index (χ0) is 21.2. The Morgan fingerprint density at radius 1 is 1.13 bits per heavy atom. The summed E-state index contributed by atoms with van der Waals surface area (Å²) >= 11 is 0.